The van der Waals surface area contributed by atoms with E-state index in [9.17, 15) is 4.79 Å². The zero-order valence-electron chi connectivity index (χ0n) is 19.1. The quantitative estimate of drug-likeness (QED) is 0.471. The molecule has 4 heteroatoms. The summed E-state index contributed by atoms with van der Waals surface area (Å²) in [6.07, 6.45) is 8.26. The van der Waals surface area contributed by atoms with Crippen molar-refractivity contribution in [3.05, 3.63) is 63.4 Å². The van der Waals surface area contributed by atoms with Gasteiger partial charge in [0.15, 0.2) is 4.80 Å². The van der Waals surface area contributed by atoms with Crippen molar-refractivity contribution >= 4 is 28.0 Å². The molecule has 3 nitrogen and oxygen atoms in total. The minimum absolute atomic E-state index is 0.159. The molecule has 4 aliphatic rings. The molecule has 0 saturated heterocycles. The normalized spacial score (nSPS) is 29.2. The lowest BCUT2D eigenvalue weighted by atomic mass is 9.49. The minimum Gasteiger partial charge on any atom is -0.320 e. The van der Waals surface area contributed by atoms with Crippen LogP contribution in [0, 0.1) is 37.0 Å². The van der Waals surface area contributed by atoms with Gasteiger partial charge in [0.1, 0.15) is 0 Å². The second-order valence-electron chi connectivity index (χ2n) is 10.7. The molecule has 1 heterocycles. The lowest BCUT2D eigenvalue weighted by molar-refractivity contribution is -0.142. The number of hydrogen-bond donors (Lipinski definition) is 0. The first-order valence-electron chi connectivity index (χ1n) is 12.2. The van der Waals surface area contributed by atoms with Crippen LogP contribution >= 0.6 is 11.3 Å². The number of benzene rings is 2. The molecule has 4 bridgehead atoms. The third-order valence-electron chi connectivity index (χ3n) is 8.56. The Balaban J connectivity index is 1.31. The minimum atomic E-state index is -0.159. The Morgan fingerprint density at radius 2 is 1.66 bits per heavy atom. The molecule has 0 aliphatic heterocycles. The molecule has 0 N–H and O–H groups in total. The topological polar surface area (TPSA) is 34.4 Å². The van der Waals surface area contributed by atoms with Crippen molar-refractivity contribution in [3.63, 3.8) is 0 Å². The van der Waals surface area contributed by atoms with Crippen molar-refractivity contribution in [1.29, 1.82) is 0 Å². The van der Waals surface area contributed by atoms with E-state index in [1.165, 1.54) is 46.2 Å². The van der Waals surface area contributed by atoms with Crippen molar-refractivity contribution in [3.8, 4) is 0 Å². The maximum atomic E-state index is 13.6. The van der Waals surface area contributed by atoms with E-state index in [1.807, 2.05) is 0 Å². The summed E-state index contributed by atoms with van der Waals surface area (Å²) in [5, 5.41) is 2.61. The van der Waals surface area contributed by atoms with Gasteiger partial charge in [-0.3, -0.25) is 4.79 Å². The zero-order chi connectivity index (χ0) is 21.9. The Hall–Kier alpha value is -2.20. The van der Waals surface area contributed by atoms with Gasteiger partial charge in [-0.05, 0) is 92.9 Å². The number of aromatic nitrogens is 1. The van der Waals surface area contributed by atoms with E-state index in [0.29, 0.717) is 0 Å². The molecule has 7 rings (SSSR count). The van der Waals surface area contributed by atoms with E-state index in [0.717, 1.165) is 54.8 Å². The molecule has 3 aromatic rings. The highest BCUT2D eigenvalue weighted by atomic mass is 32.1. The van der Waals surface area contributed by atoms with Crippen LogP contribution in [-0.2, 0) is 17.8 Å². The predicted octanol–water partition coefficient (Wildman–Crippen LogP) is 6.21. The molecule has 166 valence electrons. The summed E-state index contributed by atoms with van der Waals surface area (Å²) < 4.78 is 2.29. The van der Waals surface area contributed by atoms with Crippen molar-refractivity contribution in [2.24, 2.45) is 28.2 Å². The number of hydrogen-bond acceptors (Lipinski definition) is 2. The second kappa shape index (κ2) is 7.69. The maximum absolute atomic E-state index is 13.6. The summed E-state index contributed by atoms with van der Waals surface area (Å²) in [6, 6.07) is 15.2. The van der Waals surface area contributed by atoms with E-state index in [4.69, 9.17) is 4.99 Å². The fraction of sp³-hybridized carbons (Fsp3) is 0.500. The molecule has 0 atom stereocenters. The molecular weight excluding hydrogens is 412 g/mol. The van der Waals surface area contributed by atoms with Gasteiger partial charge in [0, 0.05) is 17.1 Å². The van der Waals surface area contributed by atoms with Crippen molar-refractivity contribution in [1.82, 2.24) is 4.57 Å². The number of thiazole rings is 1. The van der Waals surface area contributed by atoms with Gasteiger partial charge in [-0.2, -0.15) is 4.99 Å². The highest BCUT2D eigenvalue weighted by Crippen LogP contribution is 2.60. The number of amides is 1. The van der Waals surface area contributed by atoms with Gasteiger partial charge >= 0.3 is 0 Å². The Morgan fingerprint density at radius 1 is 1.00 bits per heavy atom. The third-order valence-corrected chi connectivity index (χ3v) is 9.66. The Morgan fingerprint density at radius 3 is 2.38 bits per heavy atom. The van der Waals surface area contributed by atoms with E-state index in [1.54, 1.807) is 11.3 Å². The van der Waals surface area contributed by atoms with Gasteiger partial charge in [-0.15, -0.1) is 11.3 Å². The van der Waals surface area contributed by atoms with Crippen molar-refractivity contribution in [2.45, 2.75) is 65.3 Å². The molecule has 1 amide bonds. The lowest BCUT2D eigenvalue weighted by Crippen LogP contribution is -2.50. The van der Waals surface area contributed by atoms with Gasteiger partial charge < -0.3 is 4.57 Å². The number of carbonyl (C=O) groups is 1. The molecule has 0 unspecified atom stereocenters. The van der Waals surface area contributed by atoms with Crippen LogP contribution in [-0.4, -0.2) is 10.5 Å². The first-order chi connectivity index (χ1) is 15.5. The van der Waals surface area contributed by atoms with Crippen LogP contribution in [0.2, 0.25) is 0 Å². The van der Waals surface area contributed by atoms with Gasteiger partial charge in [0.25, 0.3) is 5.91 Å². The SMILES string of the molecule is Cc1sc(=NC(=O)C23CC4CC(CC(C4)C2)C3)n(CCc2cccc3ccccc23)c1C. The molecule has 4 fully saturated rings. The number of carbonyl (C=O) groups excluding carboxylic acids is 1. The average molecular weight is 445 g/mol. The fourth-order valence-corrected chi connectivity index (χ4v) is 8.27. The van der Waals surface area contributed by atoms with Crippen molar-refractivity contribution in [2.75, 3.05) is 0 Å². The average Bonchev–Trinajstić information content (AvgIpc) is 3.04. The molecular formula is C28H32N2OS. The monoisotopic (exact) mass is 444 g/mol. The number of rotatable bonds is 4. The van der Waals surface area contributed by atoms with Gasteiger partial charge in [0.05, 0.1) is 5.41 Å². The summed E-state index contributed by atoms with van der Waals surface area (Å²) in [5.74, 6) is 2.49. The van der Waals surface area contributed by atoms with E-state index >= 15 is 0 Å². The van der Waals surface area contributed by atoms with Crippen LogP contribution in [0.5, 0.6) is 0 Å². The van der Waals surface area contributed by atoms with Crippen LogP contribution in [0.4, 0.5) is 0 Å². The number of aryl methyl sites for hydroxylation is 2. The highest BCUT2D eigenvalue weighted by molar-refractivity contribution is 7.09. The van der Waals surface area contributed by atoms with Crippen molar-refractivity contribution < 1.29 is 4.79 Å². The van der Waals surface area contributed by atoms with E-state index in [2.05, 4.69) is 60.9 Å². The maximum Gasteiger partial charge on any atom is 0.254 e. The number of nitrogens with zero attached hydrogens (tertiary/aromatic N) is 2. The molecule has 0 radical (unpaired) electrons. The second-order valence-corrected chi connectivity index (χ2v) is 11.9. The molecule has 0 spiro atoms. The van der Waals surface area contributed by atoms with Crippen LogP contribution in [0.25, 0.3) is 10.8 Å². The van der Waals surface area contributed by atoms with Gasteiger partial charge in [-0.25, -0.2) is 0 Å². The lowest BCUT2D eigenvalue weighted by Gasteiger charge is -2.55. The Labute approximate surface area is 194 Å². The van der Waals surface area contributed by atoms with Crippen LogP contribution in [0.15, 0.2) is 47.5 Å². The number of fused-ring (bicyclic) bond motifs is 1. The summed E-state index contributed by atoms with van der Waals surface area (Å²) >= 11 is 1.69. The largest absolute Gasteiger partial charge is 0.320 e. The zero-order valence-corrected chi connectivity index (χ0v) is 20.0. The highest BCUT2D eigenvalue weighted by Gasteiger charge is 2.54. The van der Waals surface area contributed by atoms with Crippen LogP contribution in [0.1, 0.15) is 54.7 Å². The molecule has 4 saturated carbocycles. The summed E-state index contributed by atoms with van der Waals surface area (Å²) in [7, 11) is 0. The molecule has 1 aromatic heterocycles. The van der Waals surface area contributed by atoms with Crippen LogP contribution in [0.3, 0.4) is 0 Å². The standard InChI is InChI=1S/C28H32N2OS/c1-18-19(2)32-27(29-26(31)28-15-20-12-21(16-28)14-22(13-20)17-28)30(18)11-10-24-8-5-7-23-6-3-4-9-25(23)24/h3-9,20-22H,10-17H2,1-2H3. The molecule has 32 heavy (non-hydrogen) atoms. The predicted molar refractivity (Wildman–Crippen MR) is 131 cm³/mol. The molecule has 4 aliphatic carbocycles. The molecule has 2 aromatic carbocycles. The Bertz CT molecular complexity index is 1220. The smallest absolute Gasteiger partial charge is 0.254 e. The van der Waals surface area contributed by atoms with Gasteiger partial charge in [0.2, 0.25) is 0 Å². The summed E-state index contributed by atoms with van der Waals surface area (Å²) in [5.41, 5.74) is 2.44. The van der Waals surface area contributed by atoms with E-state index in [-0.39, 0.29) is 11.3 Å². The third kappa shape index (κ3) is 3.39. The van der Waals surface area contributed by atoms with Crippen LogP contribution < -0.4 is 4.80 Å². The first-order valence-corrected chi connectivity index (χ1v) is 13.0. The summed E-state index contributed by atoms with van der Waals surface area (Å²) in [4.78, 5) is 20.6. The first kappa shape index (κ1) is 20.4. The fourth-order valence-electron chi connectivity index (χ4n) is 7.27. The van der Waals surface area contributed by atoms with Gasteiger partial charge in [-0.1, -0.05) is 42.5 Å². The van der Waals surface area contributed by atoms with E-state index < -0.39 is 0 Å². The summed E-state index contributed by atoms with van der Waals surface area (Å²) in [6.45, 7) is 5.18. The Kier molecular flexibility index (Phi) is 4.90.